The molecule has 4 aliphatic rings. The summed E-state index contributed by atoms with van der Waals surface area (Å²) >= 11 is 0. The monoisotopic (exact) mass is 406 g/mol. The van der Waals surface area contributed by atoms with Gasteiger partial charge < -0.3 is 10.1 Å². The molecule has 7 heteroatoms. The second-order valence-corrected chi connectivity index (χ2v) is 11.0. The SMILES string of the molecule is COc1ccc(C(=O)NC23CC4CC(CC(C4)C2)C3)cc1S(=O)(=O)NC(C)C. The fraction of sp³-hybridized carbons (Fsp3) is 0.667. The Kier molecular flexibility index (Phi) is 4.94. The number of carbonyl (C=O) groups is 1. The van der Waals surface area contributed by atoms with Crippen molar-refractivity contribution in [1.29, 1.82) is 0 Å². The van der Waals surface area contributed by atoms with Crippen LogP contribution in [0.4, 0.5) is 0 Å². The first-order chi connectivity index (χ1) is 13.2. The molecule has 0 atom stereocenters. The van der Waals surface area contributed by atoms with Gasteiger partial charge in [0.05, 0.1) is 7.11 Å². The molecule has 0 unspecified atom stereocenters. The fourth-order valence-corrected chi connectivity index (χ4v) is 7.42. The molecule has 6 nitrogen and oxygen atoms in total. The van der Waals surface area contributed by atoms with Gasteiger partial charge >= 0.3 is 0 Å². The molecule has 1 aromatic rings. The van der Waals surface area contributed by atoms with Crippen LogP contribution in [0.2, 0.25) is 0 Å². The van der Waals surface area contributed by atoms with Crippen molar-refractivity contribution in [2.24, 2.45) is 17.8 Å². The van der Waals surface area contributed by atoms with E-state index in [9.17, 15) is 13.2 Å². The van der Waals surface area contributed by atoms with Gasteiger partial charge in [-0.25, -0.2) is 13.1 Å². The van der Waals surface area contributed by atoms with Crippen molar-refractivity contribution in [3.8, 4) is 5.75 Å². The molecule has 4 aliphatic carbocycles. The maximum atomic E-state index is 13.1. The quantitative estimate of drug-likeness (QED) is 0.760. The van der Waals surface area contributed by atoms with Crippen LogP contribution in [0.3, 0.4) is 0 Å². The van der Waals surface area contributed by atoms with Crippen LogP contribution in [-0.2, 0) is 10.0 Å². The number of nitrogens with one attached hydrogen (secondary N) is 2. The number of sulfonamides is 1. The maximum absolute atomic E-state index is 13.1. The highest BCUT2D eigenvalue weighted by Gasteiger charge is 2.51. The average molecular weight is 407 g/mol. The molecule has 1 aromatic carbocycles. The molecule has 5 rings (SSSR count). The Morgan fingerprint density at radius 2 is 1.68 bits per heavy atom. The molecular formula is C21H30N2O4S. The number of ether oxygens (including phenoxy) is 1. The zero-order chi connectivity index (χ0) is 20.1. The van der Waals surface area contributed by atoms with E-state index in [0.29, 0.717) is 5.56 Å². The van der Waals surface area contributed by atoms with Gasteiger partial charge in [-0.05, 0) is 88.3 Å². The van der Waals surface area contributed by atoms with E-state index in [4.69, 9.17) is 4.74 Å². The normalized spacial score (nSPS) is 31.2. The van der Waals surface area contributed by atoms with Crippen molar-refractivity contribution in [2.45, 2.75) is 68.8 Å². The fourth-order valence-electron chi connectivity index (χ4n) is 5.98. The number of hydrogen-bond acceptors (Lipinski definition) is 4. The molecule has 4 fully saturated rings. The lowest BCUT2D eigenvalue weighted by atomic mass is 9.53. The van der Waals surface area contributed by atoms with E-state index in [-0.39, 0.29) is 28.1 Å². The number of carbonyl (C=O) groups excluding carboxylic acids is 1. The third kappa shape index (κ3) is 3.66. The summed E-state index contributed by atoms with van der Waals surface area (Å²) in [6, 6.07) is 4.38. The number of amides is 1. The van der Waals surface area contributed by atoms with Crippen molar-refractivity contribution in [3.05, 3.63) is 23.8 Å². The van der Waals surface area contributed by atoms with Crippen LogP contribution in [-0.4, -0.2) is 33.0 Å². The lowest BCUT2D eigenvalue weighted by Gasteiger charge is -2.56. The van der Waals surface area contributed by atoms with Crippen LogP contribution >= 0.6 is 0 Å². The van der Waals surface area contributed by atoms with E-state index in [2.05, 4.69) is 10.0 Å². The van der Waals surface area contributed by atoms with Crippen LogP contribution in [0.25, 0.3) is 0 Å². The summed E-state index contributed by atoms with van der Waals surface area (Å²) < 4.78 is 33.2. The topological polar surface area (TPSA) is 84.5 Å². The zero-order valence-corrected chi connectivity index (χ0v) is 17.6. The number of methoxy groups -OCH3 is 1. The first-order valence-electron chi connectivity index (χ1n) is 10.2. The van der Waals surface area contributed by atoms with Crippen molar-refractivity contribution in [3.63, 3.8) is 0 Å². The van der Waals surface area contributed by atoms with Gasteiger partial charge in [0.25, 0.3) is 5.91 Å². The second kappa shape index (κ2) is 7.02. The Morgan fingerprint density at radius 1 is 1.11 bits per heavy atom. The van der Waals surface area contributed by atoms with E-state index in [1.54, 1.807) is 26.0 Å². The number of benzene rings is 1. The maximum Gasteiger partial charge on any atom is 0.251 e. The first-order valence-corrected chi connectivity index (χ1v) is 11.7. The zero-order valence-electron chi connectivity index (χ0n) is 16.8. The third-order valence-electron chi connectivity index (χ3n) is 6.52. The van der Waals surface area contributed by atoms with Gasteiger partial charge in [-0.15, -0.1) is 0 Å². The number of rotatable bonds is 6. The van der Waals surface area contributed by atoms with Gasteiger partial charge in [-0.1, -0.05) is 0 Å². The van der Waals surface area contributed by atoms with E-state index >= 15 is 0 Å². The Morgan fingerprint density at radius 3 is 2.18 bits per heavy atom. The average Bonchev–Trinajstić information content (AvgIpc) is 2.58. The molecule has 2 N–H and O–H groups in total. The molecule has 0 radical (unpaired) electrons. The summed E-state index contributed by atoms with van der Waals surface area (Å²) in [5.41, 5.74) is 0.252. The molecule has 154 valence electrons. The summed E-state index contributed by atoms with van der Waals surface area (Å²) in [6.07, 6.45) is 7.09. The predicted molar refractivity (Wildman–Crippen MR) is 107 cm³/mol. The molecule has 0 spiro atoms. The lowest BCUT2D eigenvalue weighted by Crippen LogP contribution is -2.59. The molecule has 4 bridgehead atoms. The summed E-state index contributed by atoms with van der Waals surface area (Å²) in [6.45, 7) is 3.52. The molecule has 0 saturated heterocycles. The minimum absolute atomic E-state index is 0.00172. The van der Waals surface area contributed by atoms with Crippen molar-refractivity contribution in [1.82, 2.24) is 10.0 Å². The van der Waals surface area contributed by atoms with E-state index in [0.717, 1.165) is 37.0 Å². The molecule has 0 heterocycles. The first kappa shape index (κ1) is 19.7. The van der Waals surface area contributed by atoms with Gasteiger partial charge in [-0.3, -0.25) is 4.79 Å². The van der Waals surface area contributed by atoms with Crippen LogP contribution in [0.5, 0.6) is 5.75 Å². The highest BCUT2D eigenvalue weighted by molar-refractivity contribution is 7.89. The van der Waals surface area contributed by atoms with Crippen LogP contribution in [0.1, 0.15) is 62.7 Å². The molecular weight excluding hydrogens is 376 g/mol. The minimum Gasteiger partial charge on any atom is -0.495 e. The van der Waals surface area contributed by atoms with Crippen LogP contribution < -0.4 is 14.8 Å². The highest BCUT2D eigenvalue weighted by Crippen LogP contribution is 2.55. The van der Waals surface area contributed by atoms with Gasteiger partial charge in [0.2, 0.25) is 10.0 Å². The van der Waals surface area contributed by atoms with Crippen molar-refractivity contribution in [2.75, 3.05) is 7.11 Å². The summed E-state index contributed by atoms with van der Waals surface area (Å²) in [7, 11) is -2.34. The Labute approximate surface area is 167 Å². The smallest absolute Gasteiger partial charge is 0.251 e. The number of hydrogen-bond donors (Lipinski definition) is 2. The summed E-state index contributed by atoms with van der Waals surface area (Å²) in [5, 5.41) is 3.30. The summed E-state index contributed by atoms with van der Waals surface area (Å²) in [5.74, 6) is 2.24. The van der Waals surface area contributed by atoms with E-state index in [1.165, 1.54) is 32.4 Å². The van der Waals surface area contributed by atoms with Gasteiger partial charge in [0, 0.05) is 17.1 Å². The molecule has 0 aliphatic heterocycles. The van der Waals surface area contributed by atoms with E-state index in [1.807, 2.05) is 0 Å². The second-order valence-electron chi connectivity index (χ2n) is 9.29. The van der Waals surface area contributed by atoms with E-state index < -0.39 is 10.0 Å². The van der Waals surface area contributed by atoms with Gasteiger partial charge in [-0.2, -0.15) is 0 Å². The Hall–Kier alpha value is -1.60. The lowest BCUT2D eigenvalue weighted by molar-refractivity contribution is -0.0167. The highest BCUT2D eigenvalue weighted by atomic mass is 32.2. The minimum atomic E-state index is -3.77. The standard InChI is InChI=1S/C21H30N2O4S/c1-13(2)23-28(25,26)19-9-17(4-5-18(19)27-3)20(24)22-21-10-14-6-15(11-21)8-16(7-14)12-21/h4-5,9,13-16,23H,6-8,10-12H2,1-3H3,(H,22,24). The van der Waals surface area contributed by atoms with Gasteiger partial charge in [0.1, 0.15) is 10.6 Å². The van der Waals surface area contributed by atoms with Gasteiger partial charge in [0.15, 0.2) is 0 Å². The van der Waals surface area contributed by atoms with Crippen molar-refractivity contribution >= 4 is 15.9 Å². The van der Waals surface area contributed by atoms with Crippen molar-refractivity contribution < 1.29 is 17.9 Å². The van der Waals surface area contributed by atoms with Crippen LogP contribution in [0, 0.1) is 17.8 Å². The largest absolute Gasteiger partial charge is 0.495 e. The Bertz CT molecular complexity index is 843. The van der Waals surface area contributed by atoms with Crippen LogP contribution in [0.15, 0.2) is 23.1 Å². The molecule has 28 heavy (non-hydrogen) atoms. The molecule has 1 amide bonds. The summed E-state index contributed by atoms with van der Waals surface area (Å²) in [4.78, 5) is 13.1. The molecule has 0 aromatic heterocycles. The Balaban J connectivity index is 1.59. The predicted octanol–water partition coefficient (Wildman–Crippen LogP) is 3.08. The third-order valence-corrected chi connectivity index (χ3v) is 8.20. The molecule has 4 saturated carbocycles.